The Kier molecular flexibility index (Phi) is 11.6. The minimum absolute atomic E-state index is 0.0237. The molecular formula is C30H51N5O9S2. The molecule has 5 saturated carbocycles. The van der Waals surface area contributed by atoms with Crippen molar-refractivity contribution in [3.05, 3.63) is 0 Å². The molecule has 0 saturated heterocycles. The van der Waals surface area contributed by atoms with Gasteiger partial charge in [-0.3, -0.25) is 13.9 Å². The molecule has 0 radical (unpaired) electrons. The number of fused-ring (bicyclic) bond motifs is 1. The van der Waals surface area contributed by atoms with E-state index in [4.69, 9.17) is 0 Å². The smallest absolute Gasteiger partial charge is 0.270 e. The van der Waals surface area contributed by atoms with E-state index in [1.54, 1.807) is 0 Å². The molecule has 0 bridgehead atoms. The summed E-state index contributed by atoms with van der Waals surface area (Å²) in [5.74, 6) is -0.382. The second-order valence-corrected chi connectivity index (χ2v) is 17.9. The van der Waals surface area contributed by atoms with E-state index in [0.29, 0.717) is 51.4 Å². The monoisotopic (exact) mass is 689 g/mol. The average molecular weight is 690 g/mol. The SMILES string of the molecule is CC1CC(N=NC2C(O)C3CCC(NC(=O)C4CCCCC4)CC3CC2S(=O)(=O)O)C(O)CC1N=NC1CCC(S(=O)(=O)O)CC1. The summed E-state index contributed by atoms with van der Waals surface area (Å²) in [6, 6.07) is -2.32. The van der Waals surface area contributed by atoms with Gasteiger partial charge in [-0.25, -0.2) is 0 Å². The Morgan fingerprint density at radius 3 is 2.04 bits per heavy atom. The van der Waals surface area contributed by atoms with Gasteiger partial charge >= 0.3 is 0 Å². The van der Waals surface area contributed by atoms with Crippen molar-refractivity contribution in [3.63, 3.8) is 0 Å². The van der Waals surface area contributed by atoms with Crippen molar-refractivity contribution < 1.29 is 40.9 Å². The maximum atomic E-state index is 12.8. The third-order valence-electron chi connectivity index (χ3n) is 11.4. The van der Waals surface area contributed by atoms with Gasteiger partial charge in [-0.05, 0) is 94.8 Å². The molecule has 10 unspecified atom stereocenters. The summed E-state index contributed by atoms with van der Waals surface area (Å²) in [5, 5.41) is 40.9. The lowest BCUT2D eigenvalue weighted by molar-refractivity contribution is -0.127. The van der Waals surface area contributed by atoms with Gasteiger partial charge in [0.15, 0.2) is 0 Å². The Morgan fingerprint density at radius 2 is 1.39 bits per heavy atom. The van der Waals surface area contributed by atoms with Gasteiger partial charge in [-0.2, -0.15) is 37.3 Å². The number of azo groups is 2. The minimum atomic E-state index is -4.57. The van der Waals surface area contributed by atoms with E-state index in [2.05, 4.69) is 25.8 Å². The van der Waals surface area contributed by atoms with Crippen LogP contribution in [0.25, 0.3) is 0 Å². The van der Waals surface area contributed by atoms with Crippen LogP contribution < -0.4 is 5.32 Å². The number of hydrogen-bond donors (Lipinski definition) is 5. The fourth-order valence-corrected chi connectivity index (χ4v) is 10.5. The fourth-order valence-electron chi connectivity index (χ4n) is 8.59. The molecule has 5 N–H and O–H groups in total. The third-order valence-corrected chi connectivity index (χ3v) is 14.0. The van der Waals surface area contributed by atoms with Crippen LogP contribution in [0.4, 0.5) is 0 Å². The van der Waals surface area contributed by atoms with Gasteiger partial charge < -0.3 is 15.5 Å². The Balaban J connectivity index is 1.17. The summed E-state index contributed by atoms with van der Waals surface area (Å²) in [6.45, 7) is 1.96. The van der Waals surface area contributed by atoms with Crippen LogP contribution in [0.3, 0.4) is 0 Å². The van der Waals surface area contributed by atoms with E-state index < -0.39 is 55.0 Å². The first kappa shape index (κ1) is 35.7. The number of amides is 1. The highest BCUT2D eigenvalue weighted by atomic mass is 32.2. The second-order valence-electron chi connectivity index (χ2n) is 14.6. The minimum Gasteiger partial charge on any atom is -0.391 e. The quantitative estimate of drug-likeness (QED) is 0.185. The van der Waals surface area contributed by atoms with Crippen LogP contribution in [0.5, 0.6) is 0 Å². The Bertz CT molecular complexity index is 1330. The first-order valence-corrected chi connectivity index (χ1v) is 20.1. The highest BCUT2D eigenvalue weighted by Crippen LogP contribution is 2.44. The van der Waals surface area contributed by atoms with Gasteiger partial charge in [0.25, 0.3) is 20.2 Å². The molecule has 262 valence electrons. The van der Waals surface area contributed by atoms with Crippen LogP contribution in [0.15, 0.2) is 20.5 Å². The standard InChI is InChI=1S/C30H51N5O9S2/c1-17-13-25(26(36)16-24(17)33-32-20-7-10-22(11-8-20)45(39,40)41)34-35-28-27(46(42,43)44)15-19-14-21(9-12-23(19)29(28)37)31-30(38)18-5-3-2-4-6-18/h17-29,36-37H,2-16H2,1H3,(H,31,38)(H,39,40,41)(H,42,43,44). The van der Waals surface area contributed by atoms with Crippen LogP contribution in [-0.2, 0) is 25.0 Å². The summed E-state index contributed by atoms with van der Waals surface area (Å²) in [5.41, 5.74) is 0. The fraction of sp³-hybridized carbons (Fsp3) is 0.967. The van der Waals surface area contributed by atoms with Crippen LogP contribution in [0, 0.1) is 23.7 Å². The molecule has 1 amide bonds. The Labute approximate surface area is 272 Å². The molecule has 16 heteroatoms. The van der Waals surface area contributed by atoms with Gasteiger partial charge in [-0.1, -0.05) is 26.2 Å². The van der Waals surface area contributed by atoms with E-state index in [1.807, 2.05) is 6.92 Å². The number of nitrogens with one attached hydrogen (secondary N) is 1. The normalized spacial score (nSPS) is 41.8. The number of aliphatic hydroxyl groups is 2. The van der Waals surface area contributed by atoms with Crippen molar-refractivity contribution in [1.82, 2.24) is 5.32 Å². The molecule has 0 aromatic carbocycles. The zero-order valence-corrected chi connectivity index (χ0v) is 28.2. The van der Waals surface area contributed by atoms with Gasteiger partial charge in [0, 0.05) is 12.0 Å². The lowest BCUT2D eigenvalue weighted by Gasteiger charge is -2.46. The first-order chi connectivity index (χ1) is 21.7. The molecule has 0 aromatic rings. The maximum absolute atomic E-state index is 12.8. The number of aliphatic hydroxyl groups excluding tert-OH is 2. The summed E-state index contributed by atoms with van der Waals surface area (Å²) in [6.07, 6.45) is 7.24. The lowest BCUT2D eigenvalue weighted by atomic mass is 9.66. The zero-order valence-electron chi connectivity index (χ0n) is 26.5. The molecule has 0 aromatic heterocycles. The molecule has 46 heavy (non-hydrogen) atoms. The molecule has 0 aliphatic heterocycles. The molecule has 5 aliphatic rings. The van der Waals surface area contributed by atoms with Crippen molar-refractivity contribution in [3.8, 4) is 0 Å². The van der Waals surface area contributed by atoms with Gasteiger partial charge in [-0.15, -0.1) is 0 Å². The van der Waals surface area contributed by atoms with E-state index in [1.165, 1.54) is 0 Å². The van der Waals surface area contributed by atoms with E-state index >= 15 is 0 Å². The molecular weight excluding hydrogens is 638 g/mol. The van der Waals surface area contributed by atoms with Gasteiger partial charge in [0.05, 0.1) is 35.6 Å². The number of carbonyl (C=O) groups excluding carboxylic acids is 1. The van der Waals surface area contributed by atoms with Crippen molar-refractivity contribution in [2.75, 3.05) is 0 Å². The van der Waals surface area contributed by atoms with E-state index in [0.717, 1.165) is 32.1 Å². The number of nitrogens with zero attached hydrogens (tertiary/aromatic N) is 4. The second kappa shape index (κ2) is 14.9. The number of rotatable bonds is 8. The Hall–Kier alpha value is -1.59. The number of carbonyl (C=O) groups is 1. The summed E-state index contributed by atoms with van der Waals surface area (Å²) in [4.78, 5) is 12.8. The van der Waals surface area contributed by atoms with Crippen LogP contribution in [0.2, 0.25) is 0 Å². The Morgan fingerprint density at radius 1 is 0.717 bits per heavy atom. The maximum Gasteiger partial charge on any atom is 0.270 e. The predicted molar refractivity (Wildman–Crippen MR) is 168 cm³/mol. The van der Waals surface area contributed by atoms with Crippen LogP contribution in [-0.4, -0.2) is 95.0 Å². The molecule has 0 spiro atoms. The molecule has 14 nitrogen and oxygen atoms in total. The van der Waals surface area contributed by atoms with Crippen LogP contribution >= 0.6 is 0 Å². The topological polar surface area (TPSA) is 228 Å². The summed E-state index contributed by atoms with van der Waals surface area (Å²) >= 11 is 0. The molecule has 5 fully saturated rings. The lowest BCUT2D eigenvalue weighted by Crippen LogP contribution is -2.55. The van der Waals surface area contributed by atoms with E-state index in [9.17, 15) is 40.9 Å². The zero-order chi connectivity index (χ0) is 33.2. The summed E-state index contributed by atoms with van der Waals surface area (Å²) < 4.78 is 67.3. The van der Waals surface area contributed by atoms with Crippen LogP contribution in [0.1, 0.15) is 103 Å². The highest BCUT2D eigenvalue weighted by molar-refractivity contribution is 7.86. The molecule has 0 heterocycles. The molecule has 10 atom stereocenters. The third kappa shape index (κ3) is 8.70. The van der Waals surface area contributed by atoms with Gasteiger partial charge in [0.1, 0.15) is 11.3 Å². The average Bonchev–Trinajstić information content (AvgIpc) is 3.00. The molecule has 5 rings (SSSR count). The highest BCUT2D eigenvalue weighted by Gasteiger charge is 2.51. The number of hydrogen-bond acceptors (Lipinski definition) is 11. The van der Waals surface area contributed by atoms with E-state index in [-0.39, 0.29) is 60.5 Å². The molecule has 5 aliphatic carbocycles. The predicted octanol–water partition coefficient (Wildman–Crippen LogP) is 3.49. The van der Waals surface area contributed by atoms with Crippen molar-refractivity contribution in [2.45, 2.75) is 156 Å². The summed E-state index contributed by atoms with van der Waals surface area (Å²) in [7, 11) is -8.62. The largest absolute Gasteiger partial charge is 0.391 e. The van der Waals surface area contributed by atoms with Crippen molar-refractivity contribution >= 4 is 26.1 Å². The van der Waals surface area contributed by atoms with Crippen molar-refractivity contribution in [2.24, 2.45) is 44.1 Å². The van der Waals surface area contributed by atoms with Gasteiger partial charge in [0.2, 0.25) is 5.91 Å². The first-order valence-electron chi connectivity index (χ1n) is 17.1. The van der Waals surface area contributed by atoms with Crippen molar-refractivity contribution in [1.29, 1.82) is 0 Å².